The highest BCUT2D eigenvalue weighted by Gasteiger charge is 2.19. The van der Waals surface area contributed by atoms with Gasteiger partial charge >= 0.3 is 0 Å². The molecule has 1 saturated heterocycles. The van der Waals surface area contributed by atoms with Gasteiger partial charge in [0.2, 0.25) is 5.91 Å². The molecule has 6 nitrogen and oxygen atoms in total. The van der Waals surface area contributed by atoms with Crippen LogP contribution < -0.4 is 5.32 Å². The predicted octanol–water partition coefficient (Wildman–Crippen LogP) is 1.43. The van der Waals surface area contributed by atoms with Gasteiger partial charge in [0, 0.05) is 31.6 Å². The van der Waals surface area contributed by atoms with Crippen LogP contribution >= 0.6 is 11.5 Å². The summed E-state index contributed by atoms with van der Waals surface area (Å²) < 4.78 is 4.82. The Bertz CT molecular complexity index is 670. The fourth-order valence-electron chi connectivity index (χ4n) is 2.44. The number of benzene rings is 1. The molecule has 0 spiro atoms. The molecular weight excluding hydrogens is 288 g/mol. The number of carbonyl (C=O) groups is 2. The number of nitrogens with zero attached hydrogens (tertiary/aromatic N) is 3. The third kappa shape index (κ3) is 3.18. The molecule has 0 unspecified atom stereocenters. The average Bonchev–Trinajstić information content (AvgIpc) is 3.11. The van der Waals surface area contributed by atoms with Crippen LogP contribution in [0, 0.1) is 0 Å². The lowest BCUT2D eigenvalue weighted by Crippen LogP contribution is -2.30. The van der Waals surface area contributed by atoms with Gasteiger partial charge in [-0.1, -0.05) is 4.49 Å². The first-order chi connectivity index (χ1) is 10.2. The molecule has 7 heteroatoms. The largest absolute Gasteiger partial charge is 0.352 e. The summed E-state index contributed by atoms with van der Waals surface area (Å²) in [5, 5.41) is 6.84. The van der Waals surface area contributed by atoms with Gasteiger partial charge in [-0.2, -0.15) is 0 Å². The minimum absolute atomic E-state index is 0.113. The quantitative estimate of drug-likeness (QED) is 0.848. The Labute approximate surface area is 126 Å². The molecule has 21 heavy (non-hydrogen) atoms. The summed E-state index contributed by atoms with van der Waals surface area (Å²) >= 11 is 1.31. The molecule has 1 fully saturated rings. The van der Waals surface area contributed by atoms with Crippen LogP contribution in [0.25, 0.3) is 10.2 Å². The van der Waals surface area contributed by atoms with E-state index >= 15 is 0 Å². The Morgan fingerprint density at radius 2 is 2.33 bits per heavy atom. The highest BCUT2D eigenvalue weighted by atomic mass is 32.1. The van der Waals surface area contributed by atoms with Crippen molar-refractivity contribution in [2.45, 2.75) is 19.3 Å². The molecule has 0 bridgehead atoms. The molecule has 2 aromatic rings. The first kappa shape index (κ1) is 13.9. The van der Waals surface area contributed by atoms with Crippen molar-refractivity contribution in [3.05, 3.63) is 23.8 Å². The zero-order chi connectivity index (χ0) is 14.7. The summed E-state index contributed by atoms with van der Waals surface area (Å²) in [5.41, 5.74) is 1.34. The number of nitrogens with one attached hydrogen (secondary N) is 1. The smallest absolute Gasteiger partial charge is 0.251 e. The molecule has 1 N–H and O–H groups in total. The Hall–Kier alpha value is -2.02. The number of hydrogen-bond donors (Lipinski definition) is 1. The van der Waals surface area contributed by atoms with E-state index in [2.05, 4.69) is 14.9 Å². The Balaban J connectivity index is 1.48. The Morgan fingerprint density at radius 1 is 1.43 bits per heavy atom. The van der Waals surface area contributed by atoms with Gasteiger partial charge in [-0.05, 0) is 42.6 Å². The maximum absolute atomic E-state index is 12.0. The average molecular weight is 304 g/mol. The monoisotopic (exact) mass is 304 g/mol. The van der Waals surface area contributed by atoms with Gasteiger partial charge in [-0.15, -0.1) is 5.10 Å². The molecule has 1 aromatic carbocycles. The minimum Gasteiger partial charge on any atom is -0.352 e. The van der Waals surface area contributed by atoms with E-state index < -0.39 is 0 Å². The van der Waals surface area contributed by atoms with Gasteiger partial charge in [0.1, 0.15) is 5.52 Å². The lowest BCUT2D eigenvalue weighted by Gasteiger charge is -2.15. The fourth-order valence-corrected chi connectivity index (χ4v) is 2.98. The standard InChI is InChI=1S/C14H16N4O2S/c19-13-3-1-7-18(13)8-2-6-15-14(20)10-4-5-12-11(9-10)16-17-21-12/h4-5,9H,1-3,6-8H2,(H,15,20). The van der Waals surface area contributed by atoms with Crippen LogP contribution in [0.4, 0.5) is 0 Å². The van der Waals surface area contributed by atoms with E-state index in [1.807, 2.05) is 11.0 Å². The van der Waals surface area contributed by atoms with E-state index in [0.717, 1.165) is 29.6 Å². The lowest BCUT2D eigenvalue weighted by atomic mass is 10.2. The number of carbonyl (C=O) groups excluding carboxylic acids is 2. The Morgan fingerprint density at radius 3 is 3.14 bits per heavy atom. The van der Waals surface area contributed by atoms with Crippen molar-refractivity contribution < 1.29 is 9.59 Å². The van der Waals surface area contributed by atoms with Crippen molar-refractivity contribution in [3.63, 3.8) is 0 Å². The number of hydrogen-bond acceptors (Lipinski definition) is 5. The minimum atomic E-state index is -0.113. The summed E-state index contributed by atoms with van der Waals surface area (Å²) in [5.74, 6) is 0.112. The molecule has 2 amide bonds. The first-order valence-corrected chi connectivity index (χ1v) is 7.79. The van der Waals surface area contributed by atoms with Crippen molar-refractivity contribution in [1.29, 1.82) is 0 Å². The van der Waals surface area contributed by atoms with Crippen molar-refractivity contribution in [2.75, 3.05) is 19.6 Å². The van der Waals surface area contributed by atoms with Gasteiger partial charge in [-0.3, -0.25) is 9.59 Å². The van der Waals surface area contributed by atoms with Crippen molar-refractivity contribution in [2.24, 2.45) is 0 Å². The molecule has 0 atom stereocenters. The molecule has 1 aliphatic heterocycles. The van der Waals surface area contributed by atoms with E-state index in [9.17, 15) is 9.59 Å². The first-order valence-electron chi connectivity index (χ1n) is 7.02. The van der Waals surface area contributed by atoms with Gasteiger partial charge in [0.15, 0.2) is 0 Å². The Kier molecular flexibility index (Phi) is 4.10. The lowest BCUT2D eigenvalue weighted by molar-refractivity contribution is -0.127. The maximum atomic E-state index is 12.0. The molecule has 110 valence electrons. The number of fused-ring (bicyclic) bond motifs is 1. The van der Waals surface area contributed by atoms with Crippen LogP contribution in [0.3, 0.4) is 0 Å². The zero-order valence-corrected chi connectivity index (χ0v) is 12.4. The molecule has 1 aromatic heterocycles. The maximum Gasteiger partial charge on any atom is 0.251 e. The van der Waals surface area contributed by atoms with E-state index in [1.54, 1.807) is 12.1 Å². The van der Waals surface area contributed by atoms with Crippen molar-refractivity contribution in [3.8, 4) is 0 Å². The second kappa shape index (κ2) is 6.17. The van der Waals surface area contributed by atoms with Crippen LogP contribution in [0.1, 0.15) is 29.6 Å². The van der Waals surface area contributed by atoms with Crippen LogP contribution in [0.5, 0.6) is 0 Å². The second-order valence-corrected chi connectivity index (χ2v) is 5.83. The van der Waals surface area contributed by atoms with Crippen molar-refractivity contribution in [1.82, 2.24) is 19.8 Å². The summed E-state index contributed by atoms with van der Waals surface area (Å²) in [6, 6.07) is 5.39. The number of likely N-dealkylation sites (tertiary alicyclic amines) is 1. The van der Waals surface area contributed by atoms with Crippen LogP contribution in [-0.4, -0.2) is 45.9 Å². The molecule has 1 aliphatic rings. The number of aromatic nitrogens is 2. The number of rotatable bonds is 5. The molecule has 0 saturated carbocycles. The third-order valence-corrected chi connectivity index (χ3v) is 4.28. The summed E-state index contributed by atoms with van der Waals surface area (Å²) in [7, 11) is 0. The van der Waals surface area contributed by atoms with Crippen LogP contribution in [0.15, 0.2) is 18.2 Å². The molecule has 2 heterocycles. The van der Waals surface area contributed by atoms with Gasteiger partial charge < -0.3 is 10.2 Å². The second-order valence-electron chi connectivity index (χ2n) is 5.05. The van der Waals surface area contributed by atoms with Crippen LogP contribution in [0.2, 0.25) is 0 Å². The molecule has 3 rings (SSSR count). The van der Waals surface area contributed by atoms with E-state index in [4.69, 9.17) is 0 Å². The van der Waals surface area contributed by atoms with E-state index in [-0.39, 0.29) is 11.8 Å². The fraction of sp³-hybridized carbons (Fsp3) is 0.429. The topological polar surface area (TPSA) is 75.2 Å². The number of amides is 2. The third-order valence-electron chi connectivity index (χ3n) is 3.57. The van der Waals surface area contributed by atoms with E-state index in [0.29, 0.717) is 25.1 Å². The molecule has 0 radical (unpaired) electrons. The van der Waals surface area contributed by atoms with Gasteiger partial charge in [-0.25, -0.2) is 0 Å². The zero-order valence-electron chi connectivity index (χ0n) is 11.5. The van der Waals surface area contributed by atoms with Gasteiger partial charge in [0.25, 0.3) is 5.91 Å². The summed E-state index contributed by atoms with van der Waals surface area (Å²) in [4.78, 5) is 25.3. The van der Waals surface area contributed by atoms with Crippen LogP contribution in [-0.2, 0) is 4.79 Å². The molecular formula is C14H16N4O2S. The van der Waals surface area contributed by atoms with Gasteiger partial charge in [0.05, 0.1) is 4.70 Å². The predicted molar refractivity (Wildman–Crippen MR) is 80.2 cm³/mol. The summed E-state index contributed by atoms with van der Waals surface area (Å²) in [6.45, 7) is 2.13. The summed E-state index contributed by atoms with van der Waals surface area (Å²) in [6.07, 6.45) is 2.39. The molecule has 0 aliphatic carbocycles. The highest BCUT2D eigenvalue weighted by molar-refractivity contribution is 7.12. The normalized spacial score (nSPS) is 14.9. The highest BCUT2D eigenvalue weighted by Crippen LogP contribution is 2.16. The van der Waals surface area contributed by atoms with Crippen molar-refractivity contribution >= 4 is 33.6 Å². The van der Waals surface area contributed by atoms with E-state index in [1.165, 1.54) is 11.5 Å². The SMILES string of the molecule is O=C(NCCCN1CCCC1=O)c1ccc2snnc2c1.